The Morgan fingerprint density at radius 1 is 1.05 bits per heavy atom. The van der Waals surface area contributed by atoms with Crippen molar-refractivity contribution in [2.45, 2.75) is 45.6 Å². The van der Waals surface area contributed by atoms with Crippen LogP contribution in [0.4, 0.5) is 0 Å². The molecule has 0 radical (unpaired) electrons. The van der Waals surface area contributed by atoms with Crippen LogP contribution in [0, 0.1) is 11.8 Å². The third-order valence-corrected chi connectivity index (χ3v) is 2.64. The Morgan fingerprint density at radius 3 is 2.30 bits per heavy atom. The van der Waals surface area contributed by atoms with E-state index in [9.17, 15) is 5.11 Å². The molecule has 0 spiro atoms. The summed E-state index contributed by atoms with van der Waals surface area (Å²) in [5, 5.41) is 9.55. The molecule has 1 N–H and O–H groups in total. The van der Waals surface area contributed by atoms with Crippen LogP contribution in [0.15, 0.2) is 42.5 Å². The number of aliphatic hydroxyl groups is 1. The molecule has 0 aliphatic heterocycles. The molecule has 20 heavy (non-hydrogen) atoms. The van der Waals surface area contributed by atoms with Crippen molar-refractivity contribution in [2.24, 2.45) is 0 Å². The summed E-state index contributed by atoms with van der Waals surface area (Å²) in [5.41, 5.74) is 1.17. The summed E-state index contributed by atoms with van der Waals surface area (Å²) in [4.78, 5) is 0. The minimum atomic E-state index is -0.940. The van der Waals surface area contributed by atoms with Crippen LogP contribution in [0.5, 0.6) is 0 Å². The molecule has 0 aliphatic carbocycles. The minimum absolute atomic E-state index is 0.926. The predicted octanol–water partition coefficient (Wildman–Crippen LogP) is 4.57. The molecule has 0 unspecified atom stereocenters. The number of hydrogen-bond donors (Lipinski definition) is 1. The predicted molar refractivity (Wildman–Crippen MR) is 87.3 cm³/mol. The van der Waals surface area contributed by atoms with E-state index in [1.807, 2.05) is 24.3 Å². The zero-order valence-corrected chi connectivity index (χ0v) is 12.7. The van der Waals surface area contributed by atoms with Crippen molar-refractivity contribution >= 4 is 6.08 Å². The Bertz CT molecular complexity index is 501. The van der Waals surface area contributed by atoms with Crippen LogP contribution < -0.4 is 0 Å². The van der Waals surface area contributed by atoms with Gasteiger partial charge in [0.05, 0.1) is 0 Å². The summed E-state index contributed by atoms with van der Waals surface area (Å²) in [7, 11) is 0. The Hall–Kier alpha value is -1.78. The first-order valence-electron chi connectivity index (χ1n) is 7.18. The van der Waals surface area contributed by atoms with Gasteiger partial charge in [-0.3, -0.25) is 0 Å². The van der Waals surface area contributed by atoms with Crippen molar-refractivity contribution in [3.8, 4) is 11.8 Å². The molecule has 0 fully saturated rings. The maximum absolute atomic E-state index is 9.55. The molecular formula is C19H24O. The zero-order valence-electron chi connectivity index (χ0n) is 12.7. The lowest BCUT2D eigenvalue weighted by molar-refractivity contribution is 0.143. The fourth-order valence-electron chi connectivity index (χ4n) is 1.60. The fraction of sp³-hybridized carbons (Fsp3) is 0.368. The molecule has 0 aromatic heterocycles. The highest BCUT2D eigenvalue weighted by Crippen LogP contribution is 2.07. The quantitative estimate of drug-likeness (QED) is 0.471. The van der Waals surface area contributed by atoms with E-state index in [0.29, 0.717) is 0 Å². The molecule has 0 amide bonds. The molecular weight excluding hydrogens is 244 g/mol. The van der Waals surface area contributed by atoms with E-state index >= 15 is 0 Å². The Morgan fingerprint density at radius 2 is 1.70 bits per heavy atom. The number of unbranched alkanes of at least 4 members (excludes halogenated alkanes) is 1. The van der Waals surface area contributed by atoms with Gasteiger partial charge in [0.15, 0.2) is 0 Å². The molecule has 1 heteroatoms. The molecule has 0 saturated heterocycles. The largest absolute Gasteiger partial charge is 0.378 e. The van der Waals surface area contributed by atoms with E-state index in [4.69, 9.17) is 0 Å². The van der Waals surface area contributed by atoms with E-state index in [2.05, 4.69) is 43.1 Å². The summed E-state index contributed by atoms with van der Waals surface area (Å²) in [6.07, 6.45) is 12.0. The van der Waals surface area contributed by atoms with Crippen molar-refractivity contribution in [3.05, 3.63) is 53.6 Å². The van der Waals surface area contributed by atoms with E-state index in [1.54, 1.807) is 13.8 Å². The molecule has 106 valence electrons. The van der Waals surface area contributed by atoms with E-state index in [1.165, 1.54) is 5.56 Å². The van der Waals surface area contributed by atoms with Gasteiger partial charge in [0.2, 0.25) is 0 Å². The van der Waals surface area contributed by atoms with Gasteiger partial charge in [0.1, 0.15) is 5.60 Å². The number of allylic oxidation sites excluding steroid dienone is 3. The van der Waals surface area contributed by atoms with Gasteiger partial charge in [-0.25, -0.2) is 0 Å². The molecule has 1 aromatic carbocycles. The highest BCUT2D eigenvalue weighted by atomic mass is 16.3. The lowest BCUT2D eigenvalue weighted by Gasteiger charge is -2.05. The van der Waals surface area contributed by atoms with Gasteiger partial charge in [0, 0.05) is 5.56 Å². The maximum Gasteiger partial charge on any atom is 0.120 e. The van der Waals surface area contributed by atoms with Crippen molar-refractivity contribution in [3.63, 3.8) is 0 Å². The normalized spacial score (nSPS) is 11.8. The molecule has 1 nitrogen and oxygen atoms in total. The Labute approximate surface area is 123 Å². The zero-order chi connectivity index (χ0) is 14.8. The van der Waals surface area contributed by atoms with Gasteiger partial charge in [-0.1, -0.05) is 55.2 Å². The topological polar surface area (TPSA) is 20.2 Å². The summed E-state index contributed by atoms with van der Waals surface area (Å²) in [6.45, 7) is 5.52. The summed E-state index contributed by atoms with van der Waals surface area (Å²) in [5.74, 6) is 5.78. The summed E-state index contributed by atoms with van der Waals surface area (Å²) >= 11 is 0. The first kappa shape index (κ1) is 16.3. The Balaban J connectivity index is 2.52. The van der Waals surface area contributed by atoms with Gasteiger partial charge in [0.25, 0.3) is 0 Å². The van der Waals surface area contributed by atoms with E-state index in [-0.39, 0.29) is 0 Å². The average molecular weight is 268 g/mol. The standard InChI is InChI=1S/C19H24O/c1-4-5-6-7-8-9-10-17-11-13-18(14-12-17)15-16-19(2,3)20/h5-6,9-14,20H,4,7-8H2,1-3H3/b6-5?,10-9+. The summed E-state index contributed by atoms with van der Waals surface area (Å²) in [6, 6.07) is 8.06. The van der Waals surface area contributed by atoms with Gasteiger partial charge >= 0.3 is 0 Å². The highest BCUT2D eigenvalue weighted by molar-refractivity contribution is 5.51. The van der Waals surface area contributed by atoms with E-state index < -0.39 is 5.60 Å². The van der Waals surface area contributed by atoms with Crippen LogP contribution in [0.2, 0.25) is 0 Å². The molecule has 0 heterocycles. The third kappa shape index (κ3) is 7.61. The SMILES string of the molecule is CCC=CCC/C=C/c1ccc(C#CC(C)(C)O)cc1. The molecule has 1 rings (SSSR count). The monoisotopic (exact) mass is 268 g/mol. The lowest BCUT2D eigenvalue weighted by atomic mass is 10.1. The Kier molecular flexibility index (Phi) is 6.84. The molecule has 0 saturated carbocycles. The van der Waals surface area contributed by atoms with Gasteiger partial charge in [-0.2, -0.15) is 0 Å². The minimum Gasteiger partial charge on any atom is -0.378 e. The molecule has 1 aromatic rings. The van der Waals surface area contributed by atoms with Crippen molar-refractivity contribution in [2.75, 3.05) is 0 Å². The van der Waals surface area contributed by atoms with Crippen LogP contribution in [0.1, 0.15) is 51.2 Å². The van der Waals surface area contributed by atoms with Crippen molar-refractivity contribution < 1.29 is 5.11 Å². The van der Waals surface area contributed by atoms with Crippen molar-refractivity contribution in [1.29, 1.82) is 0 Å². The third-order valence-electron chi connectivity index (χ3n) is 2.64. The van der Waals surface area contributed by atoms with Crippen LogP contribution in [-0.4, -0.2) is 10.7 Å². The first-order valence-corrected chi connectivity index (χ1v) is 7.18. The van der Waals surface area contributed by atoms with Crippen LogP contribution >= 0.6 is 0 Å². The molecule has 0 aliphatic rings. The molecule has 0 atom stereocenters. The maximum atomic E-state index is 9.55. The van der Waals surface area contributed by atoms with Gasteiger partial charge < -0.3 is 5.11 Å². The lowest BCUT2D eigenvalue weighted by Crippen LogP contribution is -2.14. The second kappa shape index (κ2) is 8.40. The van der Waals surface area contributed by atoms with Gasteiger partial charge in [-0.15, -0.1) is 0 Å². The first-order chi connectivity index (χ1) is 9.51. The van der Waals surface area contributed by atoms with E-state index in [0.717, 1.165) is 24.8 Å². The highest BCUT2D eigenvalue weighted by Gasteiger charge is 2.05. The fourth-order valence-corrected chi connectivity index (χ4v) is 1.60. The summed E-state index contributed by atoms with van der Waals surface area (Å²) < 4.78 is 0. The number of rotatable bonds is 5. The van der Waals surface area contributed by atoms with Crippen molar-refractivity contribution in [1.82, 2.24) is 0 Å². The second-order valence-electron chi connectivity index (χ2n) is 5.29. The number of benzene rings is 1. The second-order valence-corrected chi connectivity index (χ2v) is 5.29. The van der Waals surface area contributed by atoms with Crippen LogP contribution in [0.3, 0.4) is 0 Å². The van der Waals surface area contributed by atoms with Crippen LogP contribution in [-0.2, 0) is 0 Å². The average Bonchev–Trinajstić information content (AvgIpc) is 2.41. The molecule has 0 bridgehead atoms. The van der Waals surface area contributed by atoms with Crippen LogP contribution in [0.25, 0.3) is 6.08 Å². The number of hydrogen-bond acceptors (Lipinski definition) is 1. The smallest absolute Gasteiger partial charge is 0.120 e. The van der Waals surface area contributed by atoms with Gasteiger partial charge in [-0.05, 0) is 50.8 Å².